The molecule has 0 spiro atoms. The number of guanidine groups is 1. The van der Waals surface area contributed by atoms with Crippen molar-refractivity contribution in [1.29, 1.82) is 0 Å². The monoisotopic (exact) mass is 344 g/mol. The second kappa shape index (κ2) is 6.63. The number of methoxy groups -OCH3 is 1. The molecule has 0 bridgehead atoms. The molecule has 0 aromatic carbocycles. The van der Waals surface area contributed by atoms with Crippen LogP contribution in [-0.2, 0) is 11.3 Å². The molecule has 25 heavy (non-hydrogen) atoms. The van der Waals surface area contributed by atoms with Crippen LogP contribution in [0.1, 0.15) is 39.9 Å². The van der Waals surface area contributed by atoms with Gasteiger partial charge in [0.25, 0.3) is 0 Å². The summed E-state index contributed by atoms with van der Waals surface area (Å²) in [6.07, 6.45) is 2.91. The van der Waals surface area contributed by atoms with Gasteiger partial charge in [-0.15, -0.1) is 10.2 Å². The molecule has 0 aliphatic heterocycles. The lowest BCUT2D eigenvalue weighted by Crippen LogP contribution is -2.69. The molecule has 1 aliphatic carbocycles. The third-order valence-electron chi connectivity index (χ3n) is 5.70. The Hall–Kier alpha value is -2.15. The van der Waals surface area contributed by atoms with Crippen molar-refractivity contribution in [1.82, 2.24) is 25.2 Å². The first-order chi connectivity index (χ1) is 11.9. The topological polar surface area (TPSA) is 75.8 Å². The van der Waals surface area contributed by atoms with Crippen LogP contribution in [0.4, 0.5) is 0 Å². The van der Waals surface area contributed by atoms with Crippen LogP contribution in [0.5, 0.6) is 0 Å². The number of nitrogens with one attached hydrogen (secondary N) is 2. The molecule has 0 radical (unpaired) electrons. The molecule has 0 saturated heterocycles. The zero-order chi connectivity index (χ0) is 18.1. The fraction of sp³-hybridized carbons (Fsp3) is 0.611. The van der Waals surface area contributed by atoms with E-state index >= 15 is 0 Å². The third kappa shape index (κ3) is 3.08. The predicted octanol–water partition coefficient (Wildman–Crippen LogP) is 1.99. The Morgan fingerprint density at radius 1 is 1.36 bits per heavy atom. The van der Waals surface area contributed by atoms with E-state index in [9.17, 15) is 0 Å². The highest BCUT2D eigenvalue weighted by Crippen LogP contribution is 2.51. The van der Waals surface area contributed by atoms with Crippen molar-refractivity contribution in [3.63, 3.8) is 0 Å². The average molecular weight is 344 g/mol. The van der Waals surface area contributed by atoms with E-state index in [4.69, 9.17) is 9.73 Å². The number of aromatic nitrogens is 3. The normalized spacial score (nSPS) is 25.6. The molecule has 7 nitrogen and oxygen atoms in total. The van der Waals surface area contributed by atoms with Crippen molar-refractivity contribution in [2.75, 3.05) is 13.7 Å². The Morgan fingerprint density at radius 2 is 2.16 bits per heavy atom. The van der Waals surface area contributed by atoms with E-state index < -0.39 is 0 Å². The van der Waals surface area contributed by atoms with E-state index in [-0.39, 0.29) is 11.0 Å². The number of rotatable bonds is 5. The lowest BCUT2D eigenvalue weighted by molar-refractivity contribution is -0.176. The second-order valence-corrected chi connectivity index (χ2v) is 7.30. The highest BCUT2D eigenvalue weighted by atomic mass is 16.5. The van der Waals surface area contributed by atoms with E-state index in [0.717, 1.165) is 30.4 Å². The Morgan fingerprint density at radius 3 is 2.84 bits per heavy atom. The van der Waals surface area contributed by atoms with Gasteiger partial charge in [-0.1, -0.05) is 19.9 Å². The Kier molecular flexibility index (Phi) is 4.69. The molecular weight excluding hydrogens is 316 g/mol. The summed E-state index contributed by atoms with van der Waals surface area (Å²) < 4.78 is 7.67. The lowest BCUT2D eigenvalue weighted by atomic mass is 9.56. The van der Waals surface area contributed by atoms with Gasteiger partial charge in [-0.3, -0.25) is 4.40 Å². The van der Waals surface area contributed by atoms with Gasteiger partial charge < -0.3 is 15.4 Å². The molecule has 2 unspecified atom stereocenters. The van der Waals surface area contributed by atoms with Gasteiger partial charge in [-0.05, 0) is 32.4 Å². The van der Waals surface area contributed by atoms with Gasteiger partial charge in [-0.2, -0.15) is 0 Å². The number of pyridine rings is 1. The first kappa shape index (κ1) is 17.7. The first-order valence-corrected chi connectivity index (χ1v) is 8.80. The number of hydrogen-bond donors (Lipinski definition) is 2. The summed E-state index contributed by atoms with van der Waals surface area (Å²) in [4.78, 5) is 4.70. The summed E-state index contributed by atoms with van der Waals surface area (Å²) in [6, 6.07) is 6.17. The van der Waals surface area contributed by atoms with Gasteiger partial charge in [-0.25, -0.2) is 4.99 Å². The number of ether oxygens (including phenoxy) is 1. The molecule has 3 rings (SSSR count). The Balaban J connectivity index is 1.72. The molecular formula is C18H28N6O. The lowest BCUT2D eigenvalue weighted by Gasteiger charge is -2.59. The molecule has 2 aromatic rings. The minimum atomic E-state index is -0.106. The van der Waals surface area contributed by atoms with Gasteiger partial charge in [0.2, 0.25) is 0 Å². The Bertz CT molecular complexity index is 768. The van der Waals surface area contributed by atoms with E-state index in [1.54, 1.807) is 7.11 Å². The van der Waals surface area contributed by atoms with Gasteiger partial charge in [0.15, 0.2) is 17.4 Å². The summed E-state index contributed by atoms with van der Waals surface area (Å²) in [5, 5.41) is 15.3. The van der Waals surface area contributed by atoms with Crippen LogP contribution in [0.2, 0.25) is 0 Å². The van der Waals surface area contributed by atoms with E-state index in [2.05, 4.69) is 48.5 Å². The molecule has 2 heterocycles. The quantitative estimate of drug-likeness (QED) is 0.641. The fourth-order valence-corrected chi connectivity index (χ4v) is 3.36. The van der Waals surface area contributed by atoms with E-state index in [0.29, 0.717) is 12.6 Å². The van der Waals surface area contributed by atoms with Crippen molar-refractivity contribution in [2.45, 2.75) is 52.3 Å². The van der Waals surface area contributed by atoms with E-state index in [1.807, 2.05) is 28.8 Å². The molecule has 1 aliphatic rings. The van der Waals surface area contributed by atoms with Crippen molar-refractivity contribution in [3.8, 4) is 0 Å². The zero-order valence-electron chi connectivity index (χ0n) is 15.7. The van der Waals surface area contributed by atoms with Crippen molar-refractivity contribution >= 4 is 11.6 Å². The first-order valence-electron chi connectivity index (χ1n) is 8.80. The van der Waals surface area contributed by atoms with Crippen LogP contribution in [0, 0.1) is 5.41 Å². The van der Waals surface area contributed by atoms with Gasteiger partial charge in [0.1, 0.15) is 6.54 Å². The molecule has 2 aromatic heterocycles. The van der Waals surface area contributed by atoms with Gasteiger partial charge in [0.05, 0.1) is 5.60 Å². The average Bonchev–Trinajstić information content (AvgIpc) is 3.02. The maximum absolute atomic E-state index is 5.71. The molecule has 1 saturated carbocycles. The highest BCUT2D eigenvalue weighted by molar-refractivity contribution is 5.80. The number of nitrogens with zero attached hydrogens (tertiary/aromatic N) is 4. The van der Waals surface area contributed by atoms with Crippen molar-refractivity contribution in [3.05, 3.63) is 30.2 Å². The van der Waals surface area contributed by atoms with Crippen LogP contribution in [0.15, 0.2) is 29.4 Å². The summed E-state index contributed by atoms with van der Waals surface area (Å²) >= 11 is 0. The molecule has 0 amide bonds. The number of hydrogen-bond acceptors (Lipinski definition) is 4. The maximum Gasteiger partial charge on any atom is 0.191 e. The van der Waals surface area contributed by atoms with Crippen LogP contribution in [0.3, 0.4) is 0 Å². The third-order valence-corrected chi connectivity index (χ3v) is 5.70. The molecule has 2 N–H and O–H groups in total. The highest BCUT2D eigenvalue weighted by Gasteiger charge is 2.58. The minimum Gasteiger partial charge on any atom is -0.378 e. The van der Waals surface area contributed by atoms with Gasteiger partial charge >= 0.3 is 0 Å². The number of aliphatic imine (C=N–C) groups is 1. The minimum absolute atomic E-state index is 0.0273. The van der Waals surface area contributed by atoms with E-state index in [1.165, 1.54) is 0 Å². The molecule has 136 valence electrons. The summed E-state index contributed by atoms with van der Waals surface area (Å²) in [5.41, 5.74) is 0.756. The fourth-order valence-electron chi connectivity index (χ4n) is 3.36. The molecule has 2 atom stereocenters. The van der Waals surface area contributed by atoms with Gasteiger partial charge in [0, 0.05) is 31.3 Å². The second-order valence-electron chi connectivity index (χ2n) is 7.30. The van der Waals surface area contributed by atoms with Crippen LogP contribution in [0.25, 0.3) is 5.65 Å². The largest absolute Gasteiger partial charge is 0.378 e. The SMILES string of the molecule is CCNC(=NCc1nnc2ccccn12)NC1CC(C)(OC)C1(C)C. The van der Waals surface area contributed by atoms with Crippen molar-refractivity contribution in [2.24, 2.45) is 10.4 Å². The smallest absolute Gasteiger partial charge is 0.191 e. The standard InChI is InChI=1S/C18H28N6O/c1-6-19-16(21-13-11-18(4,25-5)17(13,2)3)20-12-15-23-22-14-9-7-8-10-24(14)15/h7-10,13H,6,11-12H2,1-5H3,(H2,19,20,21). The zero-order valence-corrected chi connectivity index (χ0v) is 15.7. The van der Waals surface area contributed by atoms with Crippen LogP contribution in [-0.4, -0.2) is 45.9 Å². The summed E-state index contributed by atoms with van der Waals surface area (Å²) in [6.45, 7) is 9.96. The maximum atomic E-state index is 5.71. The number of fused-ring (bicyclic) bond motifs is 1. The van der Waals surface area contributed by atoms with Crippen LogP contribution < -0.4 is 10.6 Å². The molecule has 7 heteroatoms. The predicted molar refractivity (Wildman–Crippen MR) is 98.5 cm³/mol. The Labute approximate surface area is 148 Å². The van der Waals surface area contributed by atoms with Crippen molar-refractivity contribution < 1.29 is 4.74 Å². The van der Waals surface area contributed by atoms with Crippen LogP contribution >= 0.6 is 0 Å². The molecule has 1 fully saturated rings. The summed E-state index contributed by atoms with van der Waals surface area (Å²) in [5.74, 6) is 1.62. The summed E-state index contributed by atoms with van der Waals surface area (Å²) in [7, 11) is 1.79.